The third-order valence-corrected chi connectivity index (χ3v) is 8.05. The highest BCUT2D eigenvalue weighted by molar-refractivity contribution is 6.06. The number of non-ortho nitro benzene ring substituents is 1. The summed E-state index contributed by atoms with van der Waals surface area (Å²) < 4.78 is 5.18. The van der Waals surface area contributed by atoms with Crippen molar-refractivity contribution in [1.82, 2.24) is 0 Å². The van der Waals surface area contributed by atoms with Gasteiger partial charge in [-0.1, -0.05) is 32.0 Å². The average Bonchev–Trinajstić information content (AvgIpc) is 3.13. The van der Waals surface area contributed by atoms with Gasteiger partial charge in [-0.2, -0.15) is 0 Å². The third kappa shape index (κ3) is 3.52. The van der Waals surface area contributed by atoms with Crippen molar-refractivity contribution in [2.45, 2.75) is 40.0 Å². The number of nitro groups is 1. The number of oxime groups is 1. The van der Waals surface area contributed by atoms with Crippen LogP contribution in [0.4, 0.5) is 11.4 Å². The van der Waals surface area contributed by atoms with Crippen LogP contribution in [0, 0.1) is 26.4 Å². The summed E-state index contributed by atoms with van der Waals surface area (Å²) in [5, 5.41) is 18.2. The van der Waals surface area contributed by atoms with Gasteiger partial charge >= 0.3 is 5.97 Å². The largest absolute Gasteiger partial charge is 0.497 e. The lowest BCUT2D eigenvalue weighted by molar-refractivity contribution is -0.384. The molecule has 0 aromatic heterocycles. The second kappa shape index (κ2) is 8.23. The summed E-state index contributed by atoms with van der Waals surface area (Å²) in [6, 6.07) is 12.5. The summed E-state index contributed by atoms with van der Waals surface area (Å²) >= 11 is 0. The highest BCUT2D eigenvalue weighted by Gasteiger charge is 2.71. The first-order valence-electron chi connectivity index (χ1n) is 11.0. The molecule has 1 N–H and O–H groups in total. The number of amides is 1. The van der Waals surface area contributed by atoms with Gasteiger partial charge in [0.2, 0.25) is 5.91 Å². The fraction of sp³-hybridized carbons (Fsp3) is 0.400. The van der Waals surface area contributed by atoms with Crippen molar-refractivity contribution in [3.05, 3.63) is 64.2 Å². The van der Waals surface area contributed by atoms with Gasteiger partial charge in [0.25, 0.3) is 5.69 Å². The number of ether oxygens (including phenoxy) is 1. The van der Waals surface area contributed by atoms with Gasteiger partial charge in [0.05, 0.1) is 28.7 Å². The zero-order valence-electron chi connectivity index (χ0n) is 19.6. The van der Waals surface area contributed by atoms with Crippen molar-refractivity contribution < 1.29 is 24.1 Å². The van der Waals surface area contributed by atoms with Crippen LogP contribution in [0.25, 0.3) is 0 Å². The van der Waals surface area contributed by atoms with E-state index in [0.717, 1.165) is 12.5 Å². The van der Waals surface area contributed by atoms with E-state index in [0.29, 0.717) is 30.0 Å². The highest BCUT2D eigenvalue weighted by atomic mass is 16.7. The van der Waals surface area contributed by atoms with E-state index in [9.17, 15) is 19.7 Å². The van der Waals surface area contributed by atoms with Crippen LogP contribution < -0.4 is 10.1 Å². The number of anilines is 1. The number of hydrogen-bond acceptors (Lipinski definition) is 7. The van der Waals surface area contributed by atoms with Crippen LogP contribution in [-0.4, -0.2) is 29.6 Å². The molecule has 2 aliphatic rings. The van der Waals surface area contributed by atoms with Crippen LogP contribution in [0.1, 0.15) is 50.4 Å². The van der Waals surface area contributed by atoms with Crippen LogP contribution in [0.2, 0.25) is 0 Å². The minimum atomic E-state index is -0.780. The lowest BCUT2D eigenvalue weighted by Gasteiger charge is -2.39. The Bertz CT molecular complexity index is 1190. The third-order valence-electron chi connectivity index (χ3n) is 8.05. The maximum absolute atomic E-state index is 13.5. The molecule has 178 valence electrons. The lowest BCUT2D eigenvalue weighted by Crippen LogP contribution is -2.43. The molecule has 0 radical (unpaired) electrons. The smallest absolute Gasteiger partial charge is 0.365 e. The second-order valence-corrected chi connectivity index (χ2v) is 9.62. The fourth-order valence-corrected chi connectivity index (χ4v) is 5.34. The predicted molar refractivity (Wildman–Crippen MR) is 126 cm³/mol. The Morgan fingerprint density at radius 2 is 1.79 bits per heavy atom. The number of carbonyl (C=O) groups excluding carboxylic acids is 2. The molecule has 0 aliphatic heterocycles. The Kier molecular flexibility index (Phi) is 5.67. The van der Waals surface area contributed by atoms with Crippen molar-refractivity contribution in [2.24, 2.45) is 21.4 Å². The molecule has 2 unspecified atom stereocenters. The van der Waals surface area contributed by atoms with Gasteiger partial charge < -0.3 is 14.9 Å². The monoisotopic (exact) mass is 465 g/mol. The van der Waals surface area contributed by atoms with Gasteiger partial charge in [0, 0.05) is 29.7 Å². The Hall–Kier alpha value is -3.75. The first-order chi connectivity index (χ1) is 16.0. The summed E-state index contributed by atoms with van der Waals surface area (Å²) in [6.07, 6.45) is 1.78. The zero-order valence-corrected chi connectivity index (χ0v) is 19.6. The van der Waals surface area contributed by atoms with Crippen molar-refractivity contribution >= 4 is 29.0 Å². The molecule has 2 aliphatic carbocycles. The molecule has 0 spiro atoms. The molecule has 2 bridgehead atoms. The van der Waals surface area contributed by atoms with E-state index in [-0.39, 0.29) is 17.2 Å². The van der Waals surface area contributed by atoms with Crippen LogP contribution in [0.5, 0.6) is 5.75 Å². The van der Waals surface area contributed by atoms with E-state index in [1.807, 2.05) is 6.92 Å². The number of benzene rings is 2. The van der Waals surface area contributed by atoms with Gasteiger partial charge in [0.1, 0.15) is 5.75 Å². The van der Waals surface area contributed by atoms with Crippen molar-refractivity contribution in [1.29, 1.82) is 0 Å². The standard InChI is InChI=1S/C25H27N3O6/c1-23(2)24(3)12-13-25(23,22(30)26-17-8-10-19(33-4)11-9-17)15-20(24)27-34-21(29)16-6-5-7-18(14-16)28(31)32/h5-11,14H,12-13,15H2,1-4H3,(H,26,30)/b27-20+. The van der Waals surface area contributed by atoms with E-state index in [1.165, 1.54) is 18.2 Å². The molecular formula is C25H27N3O6. The number of fused-ring (bicyclic) bond motifs is 2. The predicted octanol–water partition coefficient (Wildman–Crippen LogP) is 4.97. The normalized spacial score (nSPS) is 25.7. The van der Waals surface area contributed by atoms with E-state index < -0.39 is 27.1 Å². The van der Waals surface area contributed by atoms with Gasteiger partial charge in [0.15, 0.2) is 0 Å². The number of nitrogens with zero attached hydrogens (tertiary/aromatic N) is 2. The van der Waals surface area contributed by atoms with E-state index >= 15 is 0 Å². The molecule has 34 heavy (non-hydrogen) atoms. The van der Waals surface area contributed by atoms with E-state index in [1.54, 1.807) is 31.4 Å². The maximum Gasteiger partial charge on any atom is 0.365 e. The maximum atomic E-state index is 13.5. The van der Waals surface area contributed by atoms with Crippen LogP contribution >= 0.6 is 0 Å². The van der Waals surface area contributed by atoms with E-state index in [2.05, 4.69) is 24.3 Å². The molecule has 2 fully saturated rings. The van der Waals surface area contributed by atoms with Crippen molar-refractivity contribution in [3.8, 4) is 5.75 Å². The Labute approximate surface area is 197 Å². The molecule has 4 rings (SSSR count). The molecule has 2 aromatic carbocycles. The quantitative estimate of drug-likeness (QED) is 0.365. The number of rotatable bonds is 6. The highest BCUT2D eigenvalue weighted by Crippen LogP contribution is 2.71. The molecule has 0 saturated heterocycles. The summed E-state index contributed by atoms with van der Waals surface area (Å²) in [4.78, 5) is 41.7. The Morgan fingerprint density at radius 1 is 1.09 bits per heavy atom. The molecule has 2 saturated carbocycles. The summed E-state index contributed by atoms with van der Waals surface area (Å²) in [5.41, 5.74) is -0.430. The summed E-state index contributed by atoms with van der Waals surface area (Å²) in [6.45, 7) is 6.15. The van der Waals surface area contributed by atoms with Crippen molar-refractivity contribution in [2.75, 3.05) is 12.4 Å². The fourth-order valence-electron chi connectivity index (χ4n) is 5.34. The van der Waals surface area contributed by atoms with Gasteiger partial charge in [-0.15, -0.1) is 0 Å². The number of nitrogens with one attached hydrogen (secondary N) is 1. The van der Waals surface area contributed by atoms with Gasteiger partial charge in [-0.3, -0.25) is 14.9 Å². The van der Waals surface area contributed by atoms with Gasteiger partial charge in [-0.25, -0.2) is 4.79 Å². The number of methoxy groups -OCH3 is 1. The lowest BCUT2D eigenvalue weighted by atomic mass is 9.64. The molecule has 9 nitrogen and oxygen atoms in total. The molecule has 2 aromatic rings. The summed E-state index contributed by atoms with van der Waals surface area (Å²) in [7, 11) is 1.58. The van der Waals surface area contributed by atoms with E-state index in [4.69, 9.17) is 9.57 Å². The van der Waals surface area contributed by atoms with Crippen LogP contribution in [-0.2, 0) is 9.63 Å². The average molecular weight is 466 g/mol. The number of hydrogen-bond donors (Lipinski definition) is 1. The minimum absolute atomic E-state index is 0.0399. The number of nitro benzene ring substituents is 1. The minimum Gasteiger partial charge on any atom is -0.497 e. The van der Waals surface area contributed by atoms with Crippen LogP contribution in [0.15, 0.2) is 53.7 Å². The molecule has 1 amide bonds. The Morgan fingerprint density at radius 3 is 2.44 bits per heavy atom. The molecule has 9 heteroatoms. The molecule has 2 atom stereocenters. The Balaban J connectivity index is 1.56. The van der Waals surface area contributed by atoms with Crippen LogP contribution in [0.3, 0.4) is 0 Å². The zero-order chi connectivity index (χ0) is 24.7. The van der Waals surface area contributed by atoms with Crippen molar-refractivity contribution in [3.63, 3.8) is 0 Å². The topological polar surface area (TPSA) is 120 Å². The first-order valence-corrected chi connectivity index (χ1v) is 11.0. The SMILES string of the molecule is COc1ccc(NC(=O)C23CCC(C)(/C(=N/OC(=O)c4cccc([N+](=O)[O-])c4)C2)C3(C)C)cc1. The van der Waals surface area contributed by atoms with Gasteiger partial charge in [-0.05, 0) is 48.6 Å². The summed E-state index contributed by atoms with van der Waals surface area (Å²) in [5.74, 6) is -0.176. The molecule has 0 heterocycles. The second-order valence-electron chi connectivity index (χ2n) is 9.62. The first kappa shape index (κ1) is 23.4. The number of carbonyl (C=O) groups is 2. The molecular weight excluding hydrogens is 438 g/mol.